The van der Waals surface area contributed by atoms with Gasteiger partial charge in [0.2, 0.25) is 0 Å². The number of hydrogen-bond acceptors (Lipinski definition) is 4. The number of imidazole rings is 1. The Balaban J connectivity index is 2.31. The zero-order chi connectivity index (χ0) is 10.3. The van der Waals surface area contributed by atoms with Crippen LogP contribution in [0.15, 0.2) is 29.1 Å². The average molecular weight is 235 g/mol. The largest absolute Gasteiger partial charge is 0.325 e. The molecular formula is C10H9N3S2. The Morgan fingerprint density at radius 3 is 3.07 bits per heavy atom. The summed E-state index contributed by atoms with van der Waals surface area (Å²) < 4.78 is 2.14. The molecule has 3 aromatic rings. The average Bonchev–Trinajstić information content (AvgIpc) is 2.94. The van der Waals surface area contributed by atoms with E-state index < -0.39 is 0 Å². The van der Waals surface area contributed by atoms with Gasteiger partial charge < -0.3 is 5.73 Å². The summed E-state index contributed by atoms with van der Waals surface area (Å²) in [5.41, 5.74) is 7.95. The van der Waals surface area contributed by atoms with E-state index in [2.05, 4.69) is 32.3 Å². The number of nitrogens with zero attached hydrogens (tertiary/aromatic N) is 2. The summed E-state index contributed by atoms with van der Waals surface area (Å²) >= 11 is 3.39. The zero-order valence-electron chi connectivity index (χ0n) is 7.88. The third-order valence-corrected chi connectivity index (χ3v) is 4.03. The highest BCUT2D eigenvalue weighted by Gasteiger charge is 2.10. The fraction of sp³-hybridized carbons (Fsp3) is 0.100. The minimum absolute atomic E-state index is 0.524. The van der Waals surface area contributed by atoms with Gasteiger partial charge in [0.05, 0.1) is 22.5 Å². The molecule has 0 saturated heterocycles. The summed E-state index contributed by atoms with van der Waals surface area (Å²) in [6.45, 7) is 0.524. The monoisotopic (exact) mass is 235 g/mol. The van der Waals surface area contributed by atoms with Crippen molar-refractivity contribution >= 4 is 27.6 Å². The van der Waals surface area contributed by atoms with Gasteiger partial charge in [-0.2, -0.15) is 0 Å². The molecule has 0 amide bonds. The van der Waals surface area contributed by atoms with Crippen molar-refractivity contribution in [1.29, 1.82) is 0 Å². The highest BCUT2D eigenvalue weighted by molar-refractivity contribution is 7.16. The van der Waals surface area contributed by atoms with Crippen molar-refractivity contribution in [3.05, 3.63) is 34.8 Å². The van der Waals surface area contributed by atoms with Gasteiger partial charge in [-0.05, 0) is 11.4 Å². The quantitative estimate of drug-likeness (QED) is 0.742. The maximum atomic E-state index is 5.69. The molecular weight excluding hydrogens is 226 g/mol. The first-order valence-corrected chi connectivity index (χ1v) is 6.34. The molecule has 0 aliphatic heterocycles. The molecule has 3 aromatic heterocycles. The van der Waals surface area contributed by atoms with E-state index in [1.807, 2.05) is 6.20 Å². The lowest BCUT2D eigenvalue weighted by atomic mass is 10.3. The summed E-state index contributed by atoms with van der Waals surface area (Å²) in [7, 11) is 0. The van der Waals surface area contributed by atoms with Gasteiger partial charge in [0.25, 0.3) is 0 Å². The van der Waals surface area contributed by atoms with E-state index in [4.69, 9.17) is 5.73 Å². The Bertz CT molecular complexity index is 577. The molecule has 3 rings (SSSR count). The Morgan fingerprint density at radius 1 is 1.40 bits per heavy atom. The van der Waals surface area contributed by atoms with Crippen LogP contribution in [-0.4, -0.2) is 9.38 Å². The van der Waals surface area contributed by atoms with Gasteiger partial charge in [-0.15, -0.1) is 22.7 Å². The number of hydrogen-bond donors (Lipinski definition) is 1. The maximum Gasteiger partial charge on any atom is 0.194 e. The Morgan fingerprint density at radius 2 is 2.33 bits per heavy atom. The number of thiophene rings is 1. The molecule has 0 spiro atoms. The predicted molar refractivity (Wildman–Crippen MR) is 64.3 cm³/mol. The molecule has 2 N–H and O–H groups in total. The van der Waals surface area contributed by atoms with Crippen LogP contribution in [0.25, 0.3) is 15.5 Å². The first kappa shape index (κ1) is 9.08. The standard InChI is InChI=1S/C10H9N3S2/c11-4-7-5-12-10-13(7)8(6-15-10)9-2-1-3-14-9/h1-3,5-6H,4,11H2. The maximum absolute atomic E-state index is 5.69. The van der Waals surface area contributed by atoms with E-state index in [0.29, 0.717) is 6.54 Å². The molecule has 0 aliphatic carbocycles. The minimum Gasteiger partial charge on any atom is -0.325 e. The van der Waals surface area contributed by atoms with Crippen molar-refractivity contribution in [3.8, 4) is 10.6 Å². The SMILES string of the molecule is NCc1cnc2scc(-c3cccs3)n12. The Kier molecular flexibility index (Phi) is 2.09. The molecule has 76 valence electrons. The van der Waals surface area contributed by atoms with E-state index in [9.17, 15) is 0 Å². The van der Waals surface area contributed by atoms with Crippen LogP contribution in [0.1, 0.15) is 5.69 Å². The molecule has 3 nitrogen and oxygen atoms in total. The van der Waals surface area contributed by atoms with Crippen molar-refractivity contribution in [2.75, 3.05) is 0 Å². The van der Waals surface area contributed by atoms with E-state index in [1.54, 1.807) is 22.7 Å². The van der Waals surface area contributed by atoms with Crippen LogP contribution >= 0.6 is 22.7 Å². The molecule has 0 aromatic carbocycles. The van der Waals surface area contributed by atoms with E-state index >= 15 is 0 Å². The van der Waals surface area contributed by atoms with Crippen LogP contribution in [0.5, 0.6) is 0 Å². The van der Waals surface area contributed by atoms with Gasteiger partial charge in [0.1, 0.15) is 0 Å². The second kappa shape index (κ2) is 3.44. The first-order chi connectivity index (χ1) is 7.40. The second-order valence-electron chi connectivity index (χ2n) is 3.17. The van der Waals surface area contributed by atoms with Gasteiger partial charge in [0, 0.05) is 11.9 Å². The van der Waals surface area contributed by atoms with Gasteiger partial charge in [0.15, 0.2) is 4.96 Å². The van der Waals surface area contributed by atoms with Crippen LogP contribution in [0, 0.1) is 0 Å². The first-order valence-electron chi connectivity index (χ1n) is 4.58. The fourth-order valence-electron chi connectivity index (χ4n) is 1.61. The smallest absolute Gasteiger partial charge is 0.194 e. The second-order valence-corrected chi connectivity index (χ2v) is 4.95. The summed E-state index contributed by atoms with van der Waals surface area (Å²) in [6.07, 6.45) is 1.85. The third kappa shape index (κ3) is 1.31. The van der Waals surface area contributed by atoms with Crippen LogP contribution < -0.4 is 5.73 Å². The summed E-state index contributed by atoms with van der Waals surface area (Å²) in [6, 6.07) is 4.18. The lowest BCUT2D eigenvalue weighted by Gasteiger charge is -1.98. The van der Waals surface area contributed by atoms with Crippen molar-refractivity contribution in [2.45, 2.75) is 6.54 Å². The summed E-state index contributed by atoms with van der Waals surface area (Å²) in [4.78, 5) is 6.60. The highest BCUT2D eigenvalue weighted by Crippen LogP contribution is 2.30. The van der Waals surface area contributed by atoms with Gasteiger partial charge >= 0.3 is 0 Å². The number of rotatable bonds is 2. The normalized spacial score (nSPS) is 11.3. The van der Waals surface area contributed by atoms with Crippen molar-refractivity contribution in [3.63, 3.8) is 0 Å². The molecule has 15 heavy (non-hydrogen) atoms. The van der Waals surface area contributed by atoms with Gasteiger partial charge in [-0.3, -0.25) is 4.40 Å². The highest BCUT2D eigenvalue weighted by atomic mass is 32.1. The van der Waals surface area contributed by atoms with E-state index in [0.717, 1.165) is 10.7 Å². The number of nitrogens with two attached hydrogens (primary N) is 1. The minimum atomic E-state index is 0.524. The van der Waals surface area contributed by atoms with E-state index in [-0.39, 0.29) is 0 Å². The lowest BCUT2D eigenvalue weighted by Crippen LogP contribution is -2.00. The molecule has 0 fully saturated rings. The number of fused-ring (bicyclic) bond motifs is 1. The fourth-order valence-corrected chi connectivity index (χ4v) is 3.30. The van der Waals surface area contributed by atoms with Gasteiger partial charge in [-0.1, -0.05) is 6.07 Å². The topological polar surface area (TPSA) is 43.3 Å². The van der Waals surface area contributed by atoms with Crippen molar-refractivity contribution < 1.29 is 0 Å². The summed E-state index contributed by atoms with van der Waals surface area (Å²) in [5.74, 6) is 0. The van der Waals surface area contributed by atoms with Crippen molar-refractivity contribution in [2.24, 2.45) is 5.73 Å². The van der Waals surface area contributed by atoms with E-state index in [1.165, 1.54) is 10.6 Å². The molecule has 0 bridgehead atoms. The lowest BCUT2D eigenvalue weighted by molar-refractivity contribution is 0.972. The number of aromatic nitrogens is 2. The van der Waals surface area contributed by atoms with Crippen LogP contribution in [-0.2, 0) is 6.54 Å². The molecule has 3 heterocycles. The molecule has 5 heteroatoms. The zero-order valence-corrected chi connectivity index (χ0v) is 9.52. The molecule has 0 unspecified atom stereocenters. The predicted octanol–water partition coefficient (Wildman–Crippen LogP) is 2.58. The van der Waals surface area contributed by atoms with Crippen LogP contribution in [0.3, 0.4) is 0 Å². The third-order valence-electron chi connectivity index (χ3n) is 2.30. The number of thiazole rings is 1. The van der Waals surface area contributed by atoms with Crippen molar-refractivity contribution in [1.82, 2.24) is 9.38 Å². The molecule has 0 radical (unpaired) electrons. The summed E-state index contributed by atoms with van der Waals surface area (Å²) in [5, 5.41) is 4.21. The van der Waals surface area contributed by atoms with Crippen LogP contribution in [0.2, 0.25) is 0 Å². The molecule has 0 atom stereocenters. The van der Waals surface area contributed by atoms with Gasteiger partial charge in [-0.25, -0.2) is 4.98 Å². The Hall–Kier alpha value is -1.17. The molecule has 0 saturated carbocycles. The molecule has 0 aliphatic rings. The van der Waals surface area contributed by atoms with Crippen LogP contribution in [0.4, 0.5) is 0 Å². The Labute approximate surface area is 94.8 Å².